The van der Waals surface area contributed by atoms with E-state index in [1.54, 1.807) is 0 Å². The number of fused-ring (bicyclic) bond motifs is 1. The van der Waals surface area contributed by atoms with Crippen LogP contribution >= 0.6 is 0 Å². The summed E-state index contributed by atoms with van der Waals surface area (Å²) >= 11 is 0. The van der Waals surface area contributed by atoms with Crippen LogP contribution in [0.25, 0.3) is 11.0 Å². The zero-order valence-electron chi connectivity index (χ0n) is 12.6. The molecular formula is C17H25NO2. The van der Waals surface area contributed by atoms with E-state index in [1.807, 2.05) is 25.2 Å². The molecule has 1 N–H and O–H groups in total. The van der Waals surface area contributed by atoms with E-state index in [-0.39, 0.29) is 0 Å². The number of benzene rings is 1. The quantitative estimate of drug-likeness (QED) is 0.695. The Kier molecular flexibility index (Phi) is 6.09. The molecule has 2 rings (SSSR count). The molecule has 1 aromatic heterocycles. The van der Waals surface area contributed by atoms with Crippen molar-refractivity contribution in [2.24, 2.45) is 0 Å². The Morgan fingerprint density at radius 3 is 2.80 bits per heavy atom. The molecule has 0 fully saturated rings. The SMILES string of the molecule is CCCCCCOCc1c(CNC)oc2ccccc12. The smallest absolute Gasteiger partial charge is 0.134 e. The Bertz CT molecular complexity index is 519. The number of hydrogen-bond acceptors (Lipinski definition) is 3. The van der Waals surface area contributed by atoms with Gasteiger partial charge in [-0.25, -0.2) is 0 Å². The van der Waals surface area contributed by atoms with E-state index in [2.05, 4.69) is 18.3 Å². The molecule has 0 unspecified atom stereocenters. The van der Waals surface area contributed by atoms with Gasteiger partial charge in [0, 0.05) is 17.6 Å². The topological polar surface area (TPSA) is 34.4 Å². The van der Waals surface area contributed by atoms with Crippen LogP contribution < -0.4 is 5.32 Å². The molecule has 0 saturated heterocycles. The third-order valence-electron chi connectivity index (χ3n) is 3.51. The average Bonchev–Trinajstić information content (AvgIpc) is 2.81. The van der Waals surface area contributed by atoms with E-state index in [0.717, 1.165) is 30.9 Å². The van der Waals surface area contributed by atoms with Crippen molar-refractivity contribution in [3.63, 3.8) is 0 Å². The summed E-state index contributed by atoms with van der Waals surface area (Å²) in [6.07, 6.45) is 4.96. The van der Waals surface area contributed by atoms with Crippen LogP contribution in [0.4, 0.5) is 0 Å². The molecule has 20 heavy (non-hydrogen) atoms. The standard InChI is InChI=1S/C17H25NO2/c1-3-4-5-8-11-19-13-15-14-9-6-7-10-16(14)20-17(15)12-18-2/h6-7,9-10,18H,3-5,8,11-13H2,1-2H3. The van der Waals surface area contributed by atoms with Gasteiger partial charge in [-0.15, -0.1) is 0 Å². The van der Waals surface area contributed by atoms with Crippen LogP contribution in [0.2, 0.25) is 0 Å². The fourth-order valence-electron chi connectivity index (χ4n) is 2.42. The van der Waals surface area contributed by atoms with Crippen molar-refractivity contribution < 1.29 is 9.15 Å². The normalized spacial score (nSPS) is 11.3. The molecule has 0 aliphatic heterocycles. The highest BCUT2D eigenvalue weighted by atomic mass is 16.5. The minimum Gasteiger partial charge on any atom is -0.459 e. The van der Waals surface area contributed by atoms with E-state index >= 15 is 0 Å². The van der Waals surface area contributed by atoms with Crippen molar-refractivity contribution in [1.29, 1.82) is 0 Å². The maximum Gasteiger partial charge on any atom is 0.134 e. The first kappa shape index (κ1) is 15.1. The molecule has 0 radical (unpaired) electrons. The molecule has 0 amide bonds. The van der Waals surface area contributed by atoms with E-state index in [0.29, 0.717) is 6.61 Å². The lowest BCUT2D eigenvalue weighted by molar-refractivity contribution is 0.116. The molecule has 2 aromatic rings. The Morgan fingerprint density at radius 2 is 2.00 bits per heavy atom. The maximum atomic E-state index is 5.89. The molecule has 0 bridgehead atoms. The zero-order chi connectivity index (χ0) is 14.2. The summed E-state index contributed by atoms with van der Waals surface area (Å²) in [4.78, 5) is 0. The van der Waals surface area contributed by atoms with Crippen LogP contribution in [0, 0.1) is 0 Å². The Morgan fingerprint density at radius 1 is 1.15 bits per heavy atom. The molecule has 3 nitrogen and oxygen atoms in total. The largest absolute Gasteiger partial charge is 0.459 e. The lowest BCUT2D eigenvalue weighted by Crippen LogP contribution is -2.07. The van der Waals surface area contributed by atoms with Gasteiger partial charge in [-0.05, 0) is 19.5 Å². The van der Waals surface area contributed by atoms with Gasteiger partial charge in [0.2, 0.25) is 0 Å². The maximum absolute atomic E-state index is 5.89. The Hall–Kier alpha value is -1.32. The number of furan rings is 1. The van der Waals surface area contributed by atoms with Crippen LogP contribution in [0.1, 0.15) is 43.9 Å². The summed E-state index contributed by atoms with van der Waals surface area (Å²) in [5, 5.41) is 4.33. The Labute approximate surface area is 121 Å². The van der Waals surface area contributed by atoms with E-state index in [9.17, 15) is 0 Å². The van der Waals surface area contributed by atoms with E-state index < -0.39 is 0 Å². The molecule has 0 aliphatic carbocycles. The molecule has 3 heteroatoms. The third kappa shape index (κ3) is 3.84. The second-order valence-corrected chi connectivity index (χ2v) is 5.14. The van der Waals surface area contributed by atoms with Crippen LogP contribution in [-0.2, 0) is 17.9 Å². The van der Waals surface area contributed by atoms with E-state index in [1.165, 1.54) is 30.2 Å². The first-order chi connectivity index (χ1) is 9.86. The van der Waals surface area contributed by atoms with Crippen LogP contribution in [0.15, 0.2) is 28.7 Å². The second-order valence-electron chi connectivity index (χ2n) is 5.14. The first-order valence-electron chi connectivity index (χ1n) is 7.58. The van der Waals surface area contributed by atoms with Gasteiger partial charge >= 0.3 is 0 Å². The molecule has 0 aliphatic rings. The molecule has 0 saturated carbocycles. The second kappa shape index (κ2) is 8.08. The van der Waals surface area contributed by atoms with Gasteiger partial charge in [0.05, 0.1) is 13.2 Å². The number of ether oxygens (including phenoxy) is 1. The predicted octanol–water partition coefficient (Wildman–Crippen LogP) is 4.25. The van der Waals surface area contributed by atoms with Gasteiger partial charge in [-0.2, -0.15) is 0 Å². The molecular weight excluding hydrogens is 250 g/mol. The van der Waals surface area contributed by atoms with Crippen molar-refractivity contribution in [2.75, 3.05) is 13.7 Å². The average molecular weight is 275 g/mol. The summed E-state index contributed by atoms with van der Waals surface area (Å²) in [5.74, 6) is 0.988. The Balaban J connectivity index is 1.98. The van der Waals surface area contributed by atoms with Gasteiger partial charge in [0.1, 0.15) is 11.3 Å². The van der Waals surface area contributed by atoms with Gasteiger partial charge in [-0.3, -0.25) is 0 Å². The first-order valence-corrected chi connectivity index (χ1v) is 7.58. The number of hydrogen-bond donors (Lipinski definition) is 1. The fourth-order valence-corrected chi connectivity index (χ4v) is 2.42. The van der Waals surface area contributed by atoms with Crippen molar-refractivity contribution in [1.82, 2.24) is 5.32 Å². The number of para-hydroxylation sites is 1. The number of unbranched alkanes of at least 4 members (excludes halogenated alkanes) is 3. The summed E-state index contributed by atoms with van der Waals surface area (Å²) in [6.45, 7) is 4.43. The minimum absolute atomic E-state index is 0.639. The lowest BCUT2D eigenvalue weighted by atomic mass is 10.1. The van der Waals surface area contributed by atoms with Crippen molar-refractivity contribution in [3.8, 4) is 0 Å². The summed E-state index contributed by atoms with van der Waals surface area (Å²) in [6, 6.07) is 8.17. The molecule has 1 heterocycles. The van der Waals surface area contributed by atoms with Crippen molar-refractivity contribution in [2.45, 2.75) is 45.8 Å². The van der Waals surface area contributed by atoms with Crippen LogP contribution in [0.5, 0.6) is 0 Å². The molecule has 110 valence electrons. The lowest BCUT2D eigenvalue weighted by Gasteiger charge is -2.05. The van der Waals surface area contributed by atoms with Crippen LogP contribution in [-0.4, -0.2) is 13.7 Å². The fraction of sp³-hybridized carbons (Fsp3) is 0.529. The number of nitrogens with one attached hydrogen (secondary N) is 1. The van der Waals surface area contributed by atoms with E-state index in [4.69, 9.17) is 9.15 Å². The minimum atomic E-state index is 0.639. The zero-order valence-corrected chi connectivity index (χ0v) is 12.6. The summed E-state index contributed by atoms with van der Waals surface area (Å²) in [7, 11) is 1.93. The molecule has 0 spiro atoms. The van der Waals surface area contributed by atoms with Gasteiger partial charge in [0.15, 0.2) is 0 Å². The highest BCUT2D eigenvalue weighted by Gasteiger charge is 2.13. The van der Waals surface area contributed by atoms with Gasteiger partial charge in [0.25, 0.3) is 0 Å². The van der Waals surface area contributed by atoms with Gasteiger partial charge in [-0.1, -0.05) is 44.4 Å². The predicted molar refractivity (Wildman–Crippen MR) is 82.8 cm³/mol. The summed E-state index contributed by atoms with van der Waals surface area (Å²) in [5.41, 5.74) is 2.13. The van der Waals surface area contributed by atoms with Crippen molar-refractivity contribution in [3.05, 3.63) is 35.6 Å². The highest BCUT2D eigenvalue weighted by molar-refractivity contribution is 5.82. The van der Waals surface area contributed by atoms with Crippen LogP contribution in [0.3, 0.4) is 0 Å². The monoisotopic (exact) mass is 275 g/mol. The van der Waals surface area contributed by atoms with Crippen molar-refractivity contribution >= 4 is 11.0 Å². The van der Waals surface area contributed by atoms with Gasteiger partial charge < -0.3 is 14.5 Å². The molecule has 1 aromatic carbocycles. The molecule has 0 atom stereocenters. The summed E-state index contributed by atoms with van der Waals surface area (Å²) < 4.78 is 11.7. The third-order valence-corrected chi connectivity index (χ3v) is 3.51. The number of rotatable bonds is 9. The highest BCUT2D eigenvalue weighted by Crippen LogP contribution is 2.26.